The molecule has 2 aromatic carbocycles. The number of hydrogen-bond donors (Lipinski definition) is 1. The zero-order valence-corrected chi connectivity index (χ0v) is 23.7. The highest BCUT2D eigenvalue weighted by molar-refractivity contribution is 7.93. The molecule has 2 saturated heterocycles. The van der Waals surface area contributed by atoms with E-state index in [1.165, 1.54) is 39.8 Å². The molecule has 2 bridgehead atoms. The fourth-order valence-electron chi connectivity index (χ4n) is 5.31. The summed E-state index contributed by atoms with van der Waals surface area (Å²) in [7, 11) is -1.02. The lowest BCUT2D eigenvalue weighted by Crippen LogP contribution is -2.48. The number of carboxylic acid groups (broad SMARTS) is 1. The average molecular weight is 594 g/mol. The number of thiazole rings is 1. The van der Waals surface area contributed by atoms with Gasteiger partial charge in [-0.25, -0.2) is 22.5 Å². The van der Waals surface area contributed by atoms with Gasteiger partial charge in [0, 0.05) is 48.1 Å². The maximum absolute atomic E-state index is 13.9. The molecule has 0 aliphatic carbocycles. The molecule has 3 aromatic rings. The molecule has 13 heteroatoms. The first-order valence-corrected chi connectivity index (χ1v) is 15.0. The van der Waals surface area contributed by atoms with Crippen molar-refractivity contribution in [2.45, 2.75) is 55.3 Å². The number of halogens is 1. The number of amides is 1. The lowest BCUT2D eigenvalue weighted by Gasteiger charge is -2.37. The highest BCUT2D eigenvalue weighted by atomic mass is 35.5. The Morgan fingerprint density at radius 2 is 1.87 bits per heavy atom. The van der Waals surface area contributed by atoms with E-state index < -0.39 is 16.1 Å². The third kappa shape index (κ3) is 5.45. The molecule has 1 aromatic heterocycles. The maximum Gasteiger partial charge on any atom is 0.407 e. The Hall–Kier alpha value is -3.22. The van der Waals surface area contributed by atoms with Gasteiger partial charge in [-0.2, -0.15) is 0 Å². The van der Waals surface area contributed by atoms with Gasteiger partial charge >= 0.3 is 6.09 Å². The van der Waals surface area contributed by atoms with Crippen LogP contribution in [0.5, 0.6) is 17.2 Å². The quantitative estimate of drug-likeness (QED) is 0.357. The number of hydrogen-bond acceptors (Lipinski definition) is 8. The van der Waals surface area contributed by atoms with Crippen LogP contribution >= 0.6 is 22.9 Å². The first-order chi connectivity index (χ1) is 18.7. The van der Waals surface area contributed by atoms with Crippen LogP contribution in [0.2, 0.25) is 5.02 Å². The van der Waals surface area contributed by atoms with Crippen LogP contribution in [0.15, 0.2) is 52.9 Å². The number of nitrogens with zero attached hydrogens (tertiary/aromatic N) is 3. The van der Waals surface area contributed by atoms with E-state index >= 15 is 0 Å². The zero-order valence-electron chi connectivity index (χ0n) is 21.3. The fourth-order valence-corrected chi connectivity index (χ4v) is 7.90. The minimum absolute atomic E-state index is 0.0108. The van der Waals surface area contributed by atoms with Crippen LogP contribution < -0.4 is 18.5 Å². The molecule has 208 valence electrons. The number of fused-ring (bicyclic) bond motifs is 2. The molecular weight excluding hydrogens is 566 g/mol. The van der Waals surface area contributed by atoms with Gasteiger partial charge in [0.25, 0.3) is 10.0 Å². The molecule has 3 atom stereocenters. The summed E-state index contributed by atoms with van der Waals surface area (Å²) in [6.07, 6.45) is 3.21. The fraction of sp³-hybridized carbons (Fsp3) is 0.385. The largest absolute Gasteiger partial charge is 0.497 e. The molecule has 10 nitrogen and oxygen atoms in total. The van der Waals surface area contributed by atoms with Gasteiger partial charge < -0.3 is 24.2 Å². The number of ether oxygens (including phenoxy) is 3. The van der Waals surface area contributed by atoms with Crippen molar-refractivity contribution in [3.63, 3.8) is 0 Å². The van der Waals surface area contributed by atoms with Gasteiger partial charge in [-0.15, -0.1) is 11.3 Å². The highest BCUT2D eigenvalue weighted by Crippen LogP contribution is 2.39. The summed E-state index contributed by atoms with van der Waals surface area (Å²) in [5.41, 5.74) is 0.630. The molecule has 1 amide bonds. The Balaban J connectivity index is 1.39. The van der Waals surface area contributed by atoms with E-state index in [-0.39, 0.29) is 34.7 Å². The molecule has 5 rings (SSSR count). The summed E-state index contributed by atoms with van der Waals surface area (Å²) in [4.78, 5) is 17.3. The molecule has 39 heavy (non-hydrogen) atoms. The second kappa shape index (κ2) is 11.1. The third-order valence-corrected chi connectivity index (χ3v) is 10.1. The number of piperidine rings is 1. The number of methoxy groups -OCH3 is 2. The van der Waals surface area contributed by atoms with E-state index in [0.717, 1.165) is 12.8 Å². The summed E-state index contributed by atoms with van der Waals surface area (Å²) in [6.45, 7) is -0.0240. The summed E-state index contributed by atoms with van der Waals surface area (Å²) < 4.78 is 45.8. The molecule has 2 fully saturated rings. The summed E-state index contributed by atoms with van der Waals surface area (Å²) in [5.74, 6) is 1.43. The Kier molecular flexibility index (Phi) is 7.79. The van der Waals surface area contributed by atoms with Crippen LogP contribution in [-0.2, 0) is 16.6 Å². The SMILES string of the molecule is COc1ccc(CN(c2nccs2)S(=O)(=O)c2ccc(OC3CC4CC[C@@H](C3)N4C(=O)O)c(Cl)c2)c(OC)c1. The van der Waals surface area contributed by atoms with Gasteiger partial charge in [-0.3, -0.25) is 0 Å². The lowest BCUT2D eigenvalue weighted by molar-refractivity contribution is 0.0496. The molecular formula is C26H28ClN3O7S2. The van der Waals surface area contributed by atoms with Crippen molar-refractivity contribution < 1.29 is 32.5 Å². The summed E-state index contributed by atoms with van der Waals surface area (Å²) >= 11 is 7.73. The van der Waals surface area contributed by atoms with E-state index in [0.29, 0.717) is 40.8 Å². The van der Waals surface area contributed by atoms with E-state index in [4.69, 9.17) is 25.8 Å². The van der Waals surface area contributed by atoms with Crippen LogP contribution in [-0.4, -0.2) is 61.9 Å². The topological polar surface area (TPSA) is 118 Å². The summed E-state index contributed by atoms with van der Waals surface area (Å²) in [5, 5.41) is 11.7. The second-order valence-corrected chi connectivity index (χ2v) is 12.5. The first kappa shape index (κ1) is 27.4. The molecule has 0 radical (unpaired) electrons. The van der Waals surface area contributed by atoms with Crippen LogP contribution in [0.3, 0.4) is 0 Å². The molecule has 2 aliphatic rings. The number of aromatic nitrogens is 1. The van der Waals surface area contributed by atoms with Gasteiger partial charge in [0.1, 0.15) is 23.4 Å². The first-order valence-electron chi connectivity index (χ1n) is 12.3. The predicted octanol–water partition coefficient (Wildman–Crippen LogP) is 5.26. The van der Waals surface area contributed by atoms with Crippen molar-refractivity contribution in [3.8, 4) is 17.2 Å². The average Bonchev–Trinajstić information content (AvgIpc) is 3.54. The Labute approximate surface area is 235 Å². The minimum atomic E-state index is -4.08. The van der Waals surface area contributed by atoms with Gasteiger partial charge in [0.15, 0.2) is 5.13 Å². The Morgan fingerprint density at radius 1 is 1.13 bits per heavy atom. The van der Waals surface area contributed by atoms with Crippen molar-refractivity contribution in [1.82, 2.24) is 9.88 Å². The maximum atomic E-state index is 13.9. The molecule has 1 N–H and O–H groups in total. The standard InChI is InChI=1S/C26H28ClN3O7S2/c1-35-19-6-3-16(24(13-19)36-2)15-29(25-28-9-10-38-25)39(33,34)21-7-8-23(22(27)14-21)37-20-11-17-4-5-18(12-20)30(17)26(31)32/h3,6-10,13-14,17-18,20H,4-5,11-12,15H2,1-2H3,(H,31,32)/t17-,18?,20?/m0/s1. The van der Waals surface area contributed by atoms with Crippen molar-refractivity contribution >= 4 is 44.2 Å². The smallest absolute Gasteiger partial charge is 0.407 e. The van der Waals surface area contributed by atoms with E-state index in [9.17, 15) is 18.3 Å². The zero-order chi connectivity index (χ0) is 27.7. The summed E-state index contributed by atoms with van der Waals surface area (Å²) in [6, 6.07) is 9.41. The molecule has 2 unspecified atom stereocenters. The van der Waals surface area contributed by atoms with Gasteiger partial charge in [-0.1, -0.05) is 11.6 Å². The minimum Gasteiger partial charge on any atom is -0.497 e. The molecule has 0 spiro atoms. The van der Waals surface area contributed by atoms with Crippen LogP contribution in [0.25, 0.3) is 0 Å². The van der Waals surface area contributed by atoms with Crippen molar-refractivity contribution in [3.05, 3.63) is 58.6 Å². The lowest BCUT2D eigenvalue weighted by atomic mass is 10.0. The molecule has 2 aliphatic heterocycles. The van der Waals surface area contributed by atoms with Crippen molar-refractivity contribution in [2.24, 2.45) is 0 Å². The van der Waals surface area contributed by atoms with E-state index in [2.05, 4.69) is 4.98 Å². The van der Waals surface area contributed by atoms with E-state index in [1.807, 2.05) is 0 Å². The third-order valence-electron chi connectivity index (χ3n) is 7.14. The monoisotopic (exact) mass is 593 g/mol. The molecule has 3 heterocycles. The number of rotatable bonds is 9. The Bertz CT molecular complexity index is 1440. The van der Waals surface area contributed by atoms with Crippen LogP contribution in [0.4, 0.5) is 9.93 Å². The van der Waals surface area contributed by atoms with Crippen molar-refractivity contribution in [2.75, 3.05) is 18.5 Å². The van der Waals surface area contributed by atoms with Gasteiger partial charge in [0.05, 0.1) is 30.7 Å². The normalized spacial score (nSPS) is 20.5. The predicted molar refractivity (Wildman–Crippen MR) is 147 cm³/mol. The van der Waals surface area contributed by atoms with Gasteiger partial charge in [0.2, 0.25) is 0 Å². The van der Waals surface area contributed by atoms with E-state index in [1.54, 1.807) is 43.0 Å². The highest BCUT2D eigenvalue weighted by Gasteiger charge is 2.44. The second-order valence-electron chi connectivity index (χ2n) is 9.38. The number of benzene rings is 2. The number of anilines is 1. The van der Waals surface area contributed by atoms with Gasteiger partial charge in [-0.05, 0) is 43.2 Å². The van der Waals surface area contributed by atoms with Crippen LogP contribution in [0.1, 0.15) is 31.2 Å². The Morgan fingerprint density at radius 3 is 2.46 bits per heavy atom. The number of carbonyl (C=O) groups is 1. The molecule has 0 saturated carbocycles. The van der Waals surface area contributed by atoms with Crippen molar-refractivity contribution in [1.29, 1.82) is 0 Å². The van der Waals surface area contributed by atoms with Crippen LogP contribution in [0, 0.1) is 0 Å². The number of sulfonamides is 1.